The molecule has 0 fully saturated rings. The Hall–Kier alpha value is -4.90. The Balaban J connectivity index is 1.39. The molecule has 1 aliphatic carbocycles. The average molecular weight is 613 g/mol. The maximum atomic E-state index is 10.4. The largest absolute Gasteiger partial charge is 0.221 e. The minimum absolute atomic E-state index is 0.209. The van der Waals surface area contributed by atoms with Crippen LogP contribution >= 0.6 is 22.9 Å². The van der Waals surface area contributed by atoms with Crippen molar-refractivity contribution >= 4 is 51.6 Å². The summed E-state index contributed by atoms with van der Waals surface area (Å²) in [7, 11) is 0. The molecule has 5 aromatic rings. The van der Waals surface area contributed by atoms with Gasteiger partial charge in [-0.1, -0.05) is 98.3 Å². The fraction of sp³-hybridized carbons (Fsp3) is 0.139. The van der Waals surface area contributed by atoms with Gasteiger partial charge in [0.05, 0.1) is 22.6 Å². The highest BCUT2D eigenvalue weighted by Crippen LogP contribution is 2.48. The van der Waals surface area contributed by atoms with Crippen LogP contribution in [0.5, 0.6) is 0 Å². The summed E-state index contributed by atoms with van der Waals surface area (Å²) >= 11 is 8.34. The molecule has 0 bridgehead atoms. The first-order chi connectivity index (χ1) is 21.3. The van der Waals surface area contributed by atoms with Gasteiger partial charge in [0.1, 0.15) is 16.2 Å². The van der Waals surface area contributed by atoms with Gasteiger partial charge in [-0.3, -0.25) is 0 Å². The molecular weight excluding hydrogens is 584 g/mol. The lowest BCUT2D eigenvalue weighted by Gasteiger charge is -2.29. The van der Waals surface area contributed by atoms with E-state index in [1.807, 2.05) is 104 Å². The number of hydrogen-bond acceptors (Lipinski definition) is 5. The van der Waals surface area contributed by atoms with Gasteiger partial charge in [0.25, 0.3) is 0 Å². The number of para-hydroxylation sites is 1. The van der Waals surface area contributed by atoms with Crippen molar-refractivity contribution in [2.45, 2.75) is 32.6 Å². The van der Waals surface area contributed by atoms with E-state index in [1.165, 1.54) is 0 Å². The zero-order valence-corrected chi connectivity index (χ0v) is 26.1. The summed E-state index contributed by atoms with van der Waals surface area (Å²) in [6.45, 7) is 6.37. The third kappa shape index (κ3) is 5.96. The van der Waals surface area contributed by atoms with E-state index in [9.17, 15) is 5.26 Å². The number of allylic oxidation sites excluding steroid dienone is 2. The van der Waals surface area contributed by atoms with Crippen LogP contribution in [0.3, 0.4) is 0 Å². The minimum atomic E-state index is -0.209. The number of aromatic nitrogens is 2. The summed E-state index contributed by atoms with van der Waals surface area (Å²) in [5, 5.41) is 25.2. The van der Waals surface area contributed by atoms with E-state index < -0.39 is 0 Å². The zero-order valence-electron chi connectivity index (χ0n) is 24.6. The first kappa shape index (κ1) is 29.2. The van der Waals surface area contributed by atoms with Crippen LogP contribution in [0.1, 0.15) is 53.1 Å². The van der Waals surface area contributed by atoms with Crippen molar-refractivity contribution in [3.05, 3.63) is 141 Å². The predicted octanol–water partition coefficient (Wildman–Crippen LogP) is 10.4. The van der Waals surface area contributed by atoms with Gasteiger partial charge in [0.15, 0.2) is 5.84 Å². The third-order valence-electron chi connectivity index (χ3n) is 7.40. The van der Waals surface area contributed by atoms with Gasteiger partial charge >= 0.3 is 0 Å². The predicted molar refractivity (Wildman–Crippen MR) is 181 cm³/mol. The molecule has 6 rings (SSSR count). The van der Waals surface area contributed by atoms with Gasteiger partial charge in [-0.15, -0.1) is 21.6 Å². The molecule has 3 aromatic carbocycles. The minimum Gasteiger partial charge on any atom is -0.221 e. The van der Waals surface area contributed by atoms with Gasteiger partial charge in [-0.2, -0.15) is 10.4 Å². The second-order valence-electron chi connectivity index (χ2n) is 11.1. The van der Waals surface area contributed by atoms with E-state index in [1.54, 1.807) is 16.0 Å². The maximum absolute atomic E-state index is 10.4. The van der Waals surface area contributed by atoms with Gasteiger partial charge in [-0.05, 0) is 55.3 Å². The van der Waals surface area contributed by atoms with Crippen molar-refractivity contribution in [3.8, 4) is 11.8 Å². The van der Waals surface area contributed by atoms with Crippen LogP contribution in [-0.4, -0.2) is 15.6 Å². The molecule has 0 amide bonds. The fourth-order valence-corrected chi connectivity index (χ4v) is 6.79. The molecule has 0 saturated carbocycles. The number of amidine groups is 1. The normalized spacial score (nSPS) is 14.5. The highest BCUT2D eigenvalue weighted by atomic mass is 35.5. The van der Waals surface area contributed by atoms with Crippen molar-refractivity contribution in [1.82, 2.24) is 9.78 Å². The van der Waals surface area contributed by atoms with E-state index >= 15 is 0 Å². The summed E-state index contributed by atoms with van der Waals surface area (Å²) in [4.78, 5) is 6.06. The first-order valence-electron chi connectivity index (χ1n) is 14.2. The number of nitrogens with zero attached hydrogens (tertiary/aromatic N) is 6. The maximum Gasteiger partial charge on any atom is 0.183 e. The number of azo groups is 1. The standard InChI is InChI=1S/C36H29ClN6S/c1-24-29(33(37)43(42-24)28-17-11-6-12-18-28)20-19-25-21-30-31(23-38)35(44-32(30)36(2,3)22-25)39-34(26-13-7-4-8-14-26)41-40-27-15-9-5-10-16-27/h4-21H,22H2,1-3H3/b20-19-,39-34+,41-40?. The molecule has 0 atom stereocenters. The van der Waals surface area contributed by atoms with Crippen LogP contribution in [0.4, 0.5) is 10.7 Å². The summed E-state index contributed by atoms with van der Waals surface area (Å²) in [6, 6.07) is 31.6. The number of nitriles is 1. The van der Waals surface area contributed by atoms with Gasteiger partial charge in [0, 0.05) is 27.0 Å². The van der Waals surface area contributed by atoms with Crippen molar-refractivity contribution in [2.24, 2.45) is 15.2 Å². The Bertz CT molecular complexity index is 1970. The quantitative estimate of drug-likeness (QED) is 0.109. The Kier molecular flexibility index (Phi) is 8.21. The second-order valence-corrected chi connectivity index (χ2v) is 12.5. The number of aliphatic imine (C=N–C) groups is 1. The van der Waals surface area contributed by atoms with Crippen LogP contribution < -0.4 is 0 Å². The number of thiophene rings is 1. The third-order valence-corrected chi connectivity index (χ3v) is 9.23. The number of rotatable bonds is 6. The van der Waals surface area contributed by atoms with Crippen LogP contribution in [0.2, 0.25) is 5.15 Å². The molecule has 0 aliphatic heterocycles. The molecule has 8 heteroatoms. The van der Waals surface area contributed by atoms with E-state index in [2.05, 4.69) is 47.4 Å². The molecule has 44 heavy (non-hydrogen) atoms. The molecule has 1 aliphatic rings. The van der Waals surface area contributed by atoms with Gasteiger partial charge in [-0.25, -0.2) is 9.67 Å². The van der Waals surface area contributed by atoms with E-state index in [0.29, 0.717) is 21.6 Å². The number of benzene rings is 3. The van der Waals surface area contributed by atoms with E-state index in [-0.39, 0.29) is 5.41 Å². The lowest BCUT2D eigenvalue weighted by Crippen LogP contribution is -2.20. The molecule has 0 radical (unpaired) electrons. The molecule has 6 nitrogen and oxygen atoms in total. The number of hydrogen-bond donors (Lipinski definition) is 0. The van der Waals surface area contributed by atoms with Gasteiger partial charge < -0.3 is 0 Å². The van der Waals surface area contributed by atoms with Crippen molar-refractivity contribution in [3.63, 3.8) is 0 Å². The van der Waals surface area contributed by atoms with Crippen LogP contribution in [-0.2, 0) is 5.41 Å². The highest BCUT2D eigenvalue weighted by Gasteiger charge is 2.33. The van der Waals surface area contributed by atoms with Crippen LogP contribution in [0.15, 0.2) is 118 Å². The SMILES string of the molecule is Cc1nn(-c2ccccc2)c(Cl)c1/C=C\C1=Cc2c(sc(/N=C(/N=Nc3ccccc3)c3ccccc3)c2C#N)C(C)(C)C1. The molecule has 0 spiro atoms. The second kappa shape index (κ2) is 12.4. The number of fused-ring (bicyclic) bond motifs is 1. The Morgan fingerprint density at radius 3 is 2.32 bits per heavy atom. The van der Waals surface area contributed by atoms with Crippen molar-refractivity contribution in [1.29, 1.82) is 5.26 Å². The Morgan fingerprint density at radius 1 is 0.977 bits per heavy atom. The highest BCUT2D eigenvalue weighted by molar-refractivity contribution is 7.16. The summed E-state index contributed by atoms with van der Waals surface area (Å²) < 4.78 is 1.75. The molecule has 2 aromatic heterocycles. The number of aryl methyl sites for hydroxylation is 1. The lowest BCUT2D eigenvalue weighted by molar-refractivity contribution is 0.531. The summed E-state index contributed by atoms with van der Waals surface area (Å²) in [6.07, 6.45) is 7.00. The van der Waals surface area contributed by atoms with E-state index in [0.717, 1.165) is 50.6 Å². The fourth-order valence-electron chi connectivity index (χ4n) is 5.25. The summed E-state index contributed by atoms with van der Waals surface area (Å²) in [5.41, 5.74) is 6.51. The van der Waals surface area contributed by atoms with Crippen molar-refractivity contribution < 1.29 is 0 Å². The molecule has 0 unspecified atom stereocenters. The lowest BCUT2D eigenvalue weighted by atomic mass is 9.77. The Morgan fingerprint density at radius 2 is 1.64 bits per heavy atom. The number of halogens is 1. The monoisotopic (exact) mass is 612 g/mol. The average Bonchev–Trinajstić information content (AvgIpc) is 3.54. The Labute approximate surface area is 266 Å². The van der Waals surface area contributed by atoms with Crippen LogP contribution in [0.25, 0.3) is 17.8 Å². The zero-order chi connectivity index (χ0) is 30.7. The van der Waals surface area contributed by atoms with Gasteiger partial charge in [0.2, 0.25) is 0 Å². The molecular formula is C36H29ClN6S. The van der Waals surface area contributed by atoms with Crippen LogP contribution in [0, 0.1) is 18.3 Å². The molecule has 0 saturated heterocycles. The molecule has 216 valence electrons. The molecule has 0 N–H and O–H groups in total. The van der Waals surface area contributed by atoms with E-state index in [4.69, 9.17) is 16.6 Å². The van der Waals surface area contributed by atoms with Crippen molar-refractivity contribution in [2.75, 3.05) is 0 Å². The summed E-state index contributed by atoms with van der Waals surface area (Å²) in [5.74, 6) is 0.451. The smallest absolute Gasteiger partial charge is 0.183 e. The molecule has 2 heterocycles. The topological polar surface area (TPSA) is 78.7 Å². The first-order valence-corrected chi connectivity index (χ1v) is 15.4.